The van der Waals surface area contributed by atoms with Crippen molar-refractivity contribution in [2.45, 2.75) is 57.3 Å². The summed E-state index contributed by atoms with van der Waals surface area (Å²) in [7, 11) is -1.72. The number of ketones is 1. The number of carbonyl (C=O) groups is 2. The molecule has 0 aliphatic carbocycles. The number of benzene rings is 1. The third kappa shape index (κ3) is 7.66. The Hall–Kier alpha value is -3.93. The Morgan fingerprint density at radius 3 is 2.62 bits per heavy atom. The van der Waals surface area contributed by atoms with Gasteiger partial charge in [0.1, 0.15) is 29.2 Å². The minimum atomic E-state index is -4.66. The smallest absolute Gasteiger partial charge is 0.413 e. The average molecular weight is 661 g/mol. The zero-order valence-corrected chi connectivity index (χ0v) is 25.3. The molecule has 1 saturated heterocycles. The van der Waals surface area contributed by atoms with Crippen molar-refractivity contribution in [3.05, 3.63) is 46.7 Å². The minimum Gasteiger partial charge on any atom is -0.497 e. The summed E-state index contributed by atoms with van der Waals surface area (Å²) in [6, 6.07) is 4.85. The van der Waals surface area contributed by atoms with E-state index < -0.39 is 62.3 Å². The third-order valence-corrected chi connectivity index (χ3v) is 7.91. The van der Waals surface area contributed by atoms with Crippen LogP contribution < -0.4 is 25.6 Å². The second kappa shape index (κ2) is 13.6. The van der Waals surface area contributed by atoms with Crippen LogP contribution in [-0.4, -0.2) is 76.4 Å². The van der Waals surface area contributed by atoms with Crippen molar-refractivity contribution in [3.8, 4) is 11.5 Å². The van der Waals surface area contributed by atoms with Gasteiger partial charge in [-0.15, -0.1) is 0 Å². The van der Waals surface area contributed by atoms with Gasteiger partial charge in [0.05, 0.1) is 26.9 Å². The molecule has 4 rings (SSSR count). The lowest BCUT2D eigenvalue weighted by molar-refractivity contribution is -0.140. The Morgan fingerprint density at radius 1 is 1.24 bits per heavy atom. The molecule has 1 aromatic carbocycles. The Bertz CT molecular complexity index is 1660. The predicted molar refractivity (Wildman–Crippen MR) is 150 cm³/mol. The Kier molecular flexibility index (Phi) is 10.3. The zero-order chi connectivity index (χ0) is 33.1. The second-order valence-corrected chi connectivity index (χ2v) is 11.4. The molecule has 1 aliphatic rings. The maximum atomic E-state index is 14.9. The van der Waals surface area contributed by atoms with Gasteiger partial charge in [-0.25, -0.2) is 19.2 Å². The van der Waals surface area contributed by atoms with E-state index in [0.29, 0.717) is 27.0 Å². The topological polar surface area (TPSA) is 210 Å². The van der Waals surface area contributed by atoms with Crippen molar-refractivity contribution in [2.24, 2.45) is 0 Å². The first-order valence-corrected chi connectivity index (χ1v) is 14.9. The monoisotopic (exact) mass is 660 g/mol. The van der Waals surface area contributed by atoms with E-state index in [2.05, 4.69) is 15.4 Å². The van der Waals surface area contributed by atoms with Crippen LogP contribution in [0.3, 0.4) is 0 Å². The third-order valence-electron chi connectivity index (χ3n) is 6.70. The van der Waals surface area contributed by atoms with E-state index in [1.807, 2.05) is 0 Å². The first-order valence-electron chi connectivity index (χ1n) is 13.4. The average Bonchev–Trinajstić information content (AvgIpc) is 3.51. The quantitative estimate of drug-likeness (QED) is 0.194. The van der Waals surface area contributed by atoms with Crippen LogP contribution >= 0.6 is 7.75 Å². The summed E-state index contributed by atoms with van der Waals surface area (Å²) in [6.07, 6.45) is -6.90. The number of nitrogens with one attached hydrogen (secondary N) is 2. The first-order chi connectivity index (χ1) is 21.2. The van der Waals surface area contributed by atoms with Crippen molar-refractivity contribution in [3.63, 3.8) is 0 Å². The van der Waals surface area contributed by atoms with Gasteiger partial charge < -0.3 is 33.4 Å². The molecule has 16 nitrogen and oxygen atoms in total. The standard InChI is InChI=1S/C26H31F2N4O12P/c1-5-17(33)13(2)31-45(37,38)42-12-19-22(34)26(27,28)23(44-19)32-7-6-20(29-24(32)35)30-25(36)41-11-16-9-14-8-15(39-3)10-18(40-4)21(14)43-16/h6-10,13,19,22-23,34H,5,11-12H2,1-4H3,(H2,31,37,38)(H,29,30,35,36)/t13-,19+,22+,23+/m0/s1. The van der Waals surface area contributed by atoms with Crippen LogP contribution in [0.4, 0.5) is 19.4 Å². The number of nitrogens with zero attached hydrogens (tertiary/aromatic N) is 2. The highest BCUT2D eigenvalue weighted by atomic mass is 31.2. The number of hydrogen-bond donors (Lipinski definition) is 4. The van der Waals surface area contributed by atoms with Gasteiger partial charge in [0, 0.05) is 24.1 Å². The Labute approximate surface area is 253 Å². The summed E-state index contributed by atoms with van der Waals surface area (Å²) in [4.78, 5) is 50.1. The lowest BCUT2D eigenvalue weighted by Crippen LogP contribution is -2.42. The molecule has 246 valence electrons. The minimum absolute atomic E-state index is 0.0691. The van der Waals surface area contributed by atoms with Crippen molar-refractivity contribution in [2.75, 3.05) is 26.1 Å². The zero-order valence-electron chi connectivity index (χ0n) is 24.4. The van der Waals surface area contributed by atoms with E-state index in [-0.39, 0.29) is 24.6 Å². The molecule has 3 heterocycles. The van der Waals surface area contributed by atoms with Crippen LogP contribution in [0.25, 0.3) is 11.0 Å². The summed E-state index contributed by atoms with van der Waals surface area (Å²) in [6.45, 7) is 1.55. The van der Waals surface area contributed by atoms with E-state index >= 15 is 0 Å². The molecule has 4 N–H and O–H groups in total. The van der Waals surface area contributed by atoms with E-state index in [1.165, 1.54) is 21.1 Å². The number of aromatic nitrogens is 2. The first kappa shape index (κ1) is 34.0. The SMILES string of the molecule is CCC(=O)[C@H](C)NP(=O)(O)OC[C@H]1O[C@@H](n2ccc(NC(=O)OCc3cc4cc(OC)cc(OC)c4o3)nc2=O)C(F)(F)[C@@H]1O. The summed E-state index contributed by atoms with van der Waals surface area (Å²) in [5, 5.41) is 15.0. The lowest BCUT2D eigenvalue weighted by atomic mass is 10.1. The molecule has 0 saturated carbocycles. The van der Waals surface area contributed by atoms with Crippen LogP contribution in [0.5, 0.6) is 11.5 Å². The highest BCUT2D eigenvalue weighted by molar-refractivity contribution is 7.50. The number of amides is 1. The predicted octanol–water partition coefficient (Wildman–Crippen LogP) is 2.72. The molecule has 5 atom stereocenters. The van der Waals surface area contributed by atoms with Gasteiger partial charge in [0.2, 0.25) is 6.23 Å². The van der Waals surface area contributed by atoms with Gasteiger partial charge in [-0.2, -0.15) is 13.8 Å². The number of fused-ring (bicyclic) bond motifs is 1. The fraction of sp³-hybridized carbons (Fsp3) is 0.462. The van der Waals surface area contributed by atoms with E-state index in [1.54, 1.807) is 25.1 Å². The maximum absolute atomic E-state index is 14.9. The summed E-state index contributed by atoms with van der Waals surface area (Å²) in [5.74, 6) is -3.64. The summed E-state index contributed by atoms with van der Waals surface area (Å²) in [5.41, 5.74) is -0.890. The number of carbonyl (C=O) groups excluding carboxylic acids is 2. The number of aliphatic hydroxyl groups is 1. The van der Waals surface area contributed by atoms with Crippen molar-refractivity contribution in [1.82, 2.24) is 14.6 Å². The number of anilines is 1. The molecule has 0 radical (unpaired) electrons. The molecule has 1 amide bonds. The molecule has 19 heteroatoms. The number of furan rings is 1. The molecule has 3 aromatic rings. The molecular weight excluding hydrogens is 629 g/mol. The summed E-state index contributed by atoms with van der Waals surface area (Å²) >= 11 is 0. The van der Waals surface area contributed by atoms with Gasteiger partial charge in [-0.1, -0.05) is 6.92 Å². The normalized spacial score (nSPS) is 21.2. The van der Waals surface area contributed by atoms with Crippen molar-refractivity contribution < 1.29 is 60.8 Å². The number of Topliss-reactive ketones (excluding diaryl/α,β-unsaturated/α-hetero) is 1. The number of hydrogen-bond acceptors (Lipinski definition) is 12. The van der Waals surface area contributed by atoms with Crippen LogP contribution in [0.1, 0.15) is 32.3 Å². The number of alkyl halides is 2. The molecule has 0 bridgehead atoms. The number of rotatable bonds is 13. The van der Waals surface area contributed by atoms with Crippen LogP contribution in [0, 0.1) is 0 Å². The largest absolute Gasteiger partial charge is 0.497 e. The van der Waals surface area contributed by atoms with E-state index in [9.17, 15) is 37.7 Å². The molecule has 1 fully saturated rings. The Balaban J connectivity index is 1.37. The number of methoxy groups -OCH3 is 2. The van der Waals surface area contributed by atoms with Gasteiger partial charge in [-0.05, 0) is 25.1 Å². The van der Waals surface area contributed by atoms with E-state index in [4.69, 9.17) is 27.9 Å². The van der Waals surface area contributed by atoms with Gasteiger partial charge in [0.25, 0.3) is 0 Å². The van der Waals surface area contributed by atoms with Gasteiger partial charge >= 0.3 is 25.5 Å². The molecule has 1 unspecified atom stereocenters. The van der Waals surface area contributed by atoms with Crippen molar-refractivity contribution >= 4 is 36.4 Å². The second-order valence-electron chi connectivity index (χ2n) is 9.80. The lowest BCUT2D eigenvalue weighted by Gasteiger charge is -2.21. The molecule has 0 spiro atoms. The number of ether oxygens (including phenoxy) is 4. The fourth-order valence-corrected chi connectivity index (χ4v) is 5.42. The fourth-order valence-electron chi connectivity index (χ4n) is 4.37. The van der Waals surface area contributed by atoms with Crippen molar-refractivity contribution in [1.29, 1.82) is 0 Å². The van der Waals surface area contributed by atoms with Gasteiger partial charge in [0.15, 0.2) is 24.0 Å². The van der Waals surface area contributed by atoms with Crippen LogP contribution in [0.2, 0.25) is 0 Å². The molecule has 45 heavy (non-hydrogen) atoms. The molecule has 1 aliphatic heterocycles. The highest BCUT2D eigenvalue weighted by Gasteiger charge is 2.60. The molecular formula is C26H31F2N4O12P. The highest BCUT2D eigenvalue weighted by Crippen LogP contribution is 2.45. The van der Waals surface area contributed by atoms with Crippen LogP contribution in [0.15, 0.2) is 39.7 Å². The van der Waals surface area contributed by atoms with Gasteiger partial charge in [-0.3, -0.25) is 19.2 Å². The van der Waals surface area contributed by atoms with Crippen LogP contribution in [-0.2, 0) is 30.0 Å². The Morgan fingerprint density at radius 2 is 1.98 bits per heavy atom. The molecule has 2 aromatic heterocycles. The summed E-state index contributed by atoms with van der Waals surface area (Å²) < 4.78 is 73.6. The van der Waals surface area contributed by atoms with E-state index in [0.717, 1.165) is 12.3 Å². The maximum Gasteiger partial charge on any atom is 0.413 e. The number of aliphatic hydroxyl groups excluding tert-OH is 1. The number of halogens is 2.